The van der Waals surface area contributed by atoms with Gasteiger partial charge in [-0.1, -0.05) is 0 Å². The molecule has 1 saturated carbocycles. The number of rotatable bonds is 5. The quantitative estimate of drug-likeness (QED) is 0.820. The van der Waals surface area contributed by atoms with Crippen LogP contribution in [0.25, 0.3) is 0 Å². The van der Waals surface area contributed by atoms with Crippen LogP contribution in [0.15, 0.2) is 53.7 Å². The summed E-state index contributed by atoms with van der Waals surface area (Å²) in [7, 11) is -3.72. The molecule has 1 aliphatic carbocycles. The van der Waals surface area contributed by atoms with E-state index in [1.165, 1.54) is 36.7 Å². The summed E-state index contributed by atoms with van der Waals surface area (Å²) in [6.07, 6.45) is 3.00. The zero-order valence-corrected chi connectivity index (χ0v) is 14.8. The molecule has 8 heteroatoms. The zero-order valence-electron chi connectivity index (χ0n) is 13.9. The Hall–Kier alpha value is -2.45. The number of pyridine rings is 1. The number of amides is 1. The lowest BCUT2D eigenvalue weighted by Gasteiger charge is -2.19. The zero-order chi connectivity index (χ0) is 18.3. The Labute approximate surface area is 151 Å². The Bertz CT molecular complexity index is 903. The second kappa shape index (κ2) is 6.37. The molecule has 1 unspecified atom stereocenters. The predicted molar refractivity (Wildman–Crippen MR) is 94.9 cm³/mol. The number of hydrogen-bond acceptors (Lipinski definition) is 5. The van der Waals surface area contributed by atoms with Gasteiger partial charge in [0.2, 0.25) is 0 Å². The first kappa shape index (κ1) is 17.0. The maximum Gasteiger partial charge on any atom is 0.261 e. The highest BCUT2D eigenvalue weighted by Crippen LogP contribution is 2.51. The van der Waals surface area contributed by atoms with Gasteiger partial charge in [-0.05, 0) is 54.2 Å². The second-order valence-corrected chi connectivity index (χ2v) is 8.43. The number of benzene rings is 1. The van der Waals surface area contributed by atoms with Gasteiger partial charge in [0, 0.05) is 37.7 Å². The fourth-order valence-corrected chi connectivity index (χ4v) is 4.74. The minimum atomic E-state index is -3.72. The number of hydrogen-bond donors (Lipinski definition) is 2. The van der Waals surface area contributed by atoms with Crippen LogP contribution >= 0.6 is 0 Å². The largest absolute Gasteiger partial charge is 0.396 e. The first-order valence-electron chi connectivity index (χ1n) is 8.42. The molecule has 7 nitrogen and oxygen atoms in total. The molecule has 4 rings (SSSR count). The molecule has 3 atom stereocenters. The Morgan fingerprint density at radius 3 is 2.31 bits per heavy atom. The molecule has 1 aliphatic heterocycles. The van der Waals surface area contributed by atoms with E-state index in [2.05, 4.69) is 9.71 Å². The van der Waals surface area contributed by atoms with E-state index >= 15 is 0 Å². The van der Waals surface area contributed by atoms with Crippen molar-refractivity contribution in [2.24, 2.45) is 17.8 Å². The number of nitrogens with one attached hydrogen (secondary N) is 1. The van der Waals surface area contributed by atoms with Crippen LogP contribution in [0.5, 0.6) is 0 Å². The molecular formula is C18H19N3O4S. The van der Waals surface area contributed by atoms with E-state index in [9.17, 15) is 18.3 Å². The maximum absolute atomic E-state index is 12.6. The van der Waals surface area contributed by atoms with Gasteiger partial charge in [-0.25, -0.2) is 8.42 Å². The van der Waals surface area contributed by atoms with Crippen molar-refractivity contribution in [3.8, 4) is 0 Å². The highest BCUT2D eigenvalue weighted by Gasteiger charge is 2.56. The highest BCUT2D eigenvalue weighted by molar-refractivity contribution is 7.92. The molecule has 2 fully saturated rings. The molecule has 2 aliphatic rings. The van der Waals surface area contributed by atoms with Crippen molar-refractivity contribution in [1.29, 1.82) is 0 Å². The molecule has 1 aromatic carbocycles. The Balaban J connectivity index is 1.44. The Kier molecular flexibility index (Phi) is 4.16. The van der Waals surface area contributed by atoms with Crippen molar-refractivity contribution >= 4 is 21.6 Å². The molecule has 0 radical (unpaired) electrons. The van der Waals surface area contributed by atoms with Crippen molar-refractivity contribution in [2.45, 2.75) is 4.90 Å². The normalized spacial score (nSPS) is 24.2. The predicted octanol–water partition coefficient (Wildman–Crippen LogP) is 1.19. The summed E-state index contributed by atoms with van der Waals surface area (Å²) < 4.78 is 27.3. The SMILES string of the molecule is O=C(c1ccc(S(=O)(=O)Nc2ccncc2)cc1)N1C[C@@H]2C(CO)[C@@H]2C1. The molecule has 136 valence electrons. The van der Waals surface area contributed by atoms with Crippen LogP contribution in [-0.4, -0.2) is 49.0 Å². The van der Waals surface area contributed by atoms with Gasteiger partial charge < -0.3 is 10.0 Å². The summed E-state index contributed by atoms with van der Waals surface area (Å²) >= 11 is 0. The number of likely N-dealkylation sites (tertiary alicyclic amines) is 1. The second-order valence-electron chi connectivity index (χ2n) is 6.75. The standard InChI is InChI=1S/C18H19N3O4S/c22-11-17-15-9-21(10-16(15)17)18(23)12-1-3-14(4-2-12)26(24,25)20-13-5-7-19-8-6-13/h1-8,15-17,22H,9-11H2,(H,19,20)/t15-,16+,17?. The number of carbonyl (C=O) groups excluding carboxylic acids is 1. The minimum absolute atomic E-state index is 0.0930. The van der Waals surface area contributed by atoms with Gasteiger partial charge in [0.25, 0.3) is 15.9 Å². The summed E-state index contributed by atoms with van der Waals surface area (Å²) in [6, 6.07) is 9.07. The van der Waals surface area contributed by atoms with Crippen LogP contribution in [0.1, 0.15) is 10.4 Å². The van der Waals surface area contributed by atoms with Crippen LogP contribution in [-0.2, 0) is 10.0 Å². The van der Waals surface area contributed by atoms with E-state index in [1.807, 2.05) is 0 Å². The number of fused-ring (bicyclic) bond motifs is 1. The van der Waals surface area contributed by atoms with Crippen LogP contribution < -0.4 is 4.72 Å². The number of aromatic nitrogens is 1. The van der Waals surface area contributed by atoms with Crippen molar-refractivity contribution in [3.63, 3.8) is 0 Å². The van der Waals surface area contributed by atoms with Gasteiger partial charge in [0.1, 0.15) is 0 Å². The molecular weight excluding hydrogens is 354 g/mol. The van der Waals surface area contributed by atoms with Crippen LogP contribution in [0.2, 0.25) is 0 Å². The Morgan fingerprint density at radius 1 is 1.12 bits per heavy atom. The number of aliphatic hydroxyl groups is 1. The topological polar surface area (TPSA) is 99.6 Å². The maximum atomic E-state index is 12.6. The average molecular weight is 373 g/mol. The minimum Gasteiger partial charge on any atom is -0.396 e. The molecule has 1 aromatic heterocycles. The summed E-state index contributed by atoms with van der Waals surface area (Å²) in [5.41, 5.74) is 0.893. The molecule has 2 N–H and O–H groups in total. The lowest BCUT2D eigenvalue weighted by Crippen LogP contribution is -2.32. The fraction of sp³-hybridized carbons (Fsp3) is 0.333. The van der Waals surface area contributed by atoms with Gasteiger partial charge in [0.05, 0.1) is 10.6 Å². The van der Waals surface area contributed by atoms with Crippen molar-refractivity contribution < 1.29 is 18.3 Å². The molecule has 1 saturated heterocycles. The summed E-state index contributed by atoms with van der Waals surface area (Å²) in [5, 5.41) is 9.20. The highest BCUT2D eigenvalue weighted by atomic mass is 32.2. The van der Waals surface area contributed by atoms with Crippen LogP contribution in [0.3, 0.4) is 0 Å². The van der Waals surface area contributed by atoms with E-state index in [1.54, 1.807) is 17.0 Å². The first-order valence-corrected chi connectivity index (χ1v) is 9.91. The summed E-state index contributed by atoms with van der Waals surface area (Å²) in [6.45, 7) is 1.52. The van der Waals surface area contributed by atoms with Gasteiger partial charge in [0.15, 0.2) is 0 Å². The third-order valence-electron chi connectivity index (χ3n) is 5.21. The van der Waals surface area contributed by atoms with Crippen molar-refractivity contribution in [3.05, 3.63) is 54.4 Å². The smallest absolute Gasteiger partial charge is 0.261 e. The Morgan fingerprint density at radius 2 is 1.73 bits per heavy atom. The van der Waals surface area contributed by atoms with Crippen LogP contribution in [0, 0.1) is 17.8 Å². The number of nitrogens with zero attached hydrogens (tertiary/aromatic N) is 2. The molecule has 2 heterocycles. The van der Waals surface area contributed by atoms with Crippen molar-refractivity contribution in [2.75, 3.05) is 24.4 Å². The van der Waals surface area contributed by atoms with Crippen molar-refractivity contribution in [1.82, 2.24) is 9.88 Å². The first-order chi connectivity index (χ1) is 12.5. The van der Waals surface area contributed by atoms with E-state index < -0.39 is 10.0 Å². The van der Waals surface area contributed by atoms with Gasteiger partial charge in [-0.15, -0.1) is 0 Å². The van der Waals surface area contributed by atoms with Gasteiger partial charge >= 0.3 is 0 Å². The fourth-order valence-electron chi connectivity index (χ4n) is 3.68. The molecule has 2 aromatic rings. The van der Waals surface area contributed by atoms with E-state index in [0.717, 1.165) is 0 Å². The number of aliphatic hydroxyl groups excluding tert-OH is 1. The third kappa shape index (κ3) is 3.06. The molecule has 26 heavy (non-hydrogen) atoms. The molecule has 0 spiro atoms. The van der Waals surface area contributed by atoms with Gasteiger partial charge in [-0.2, -0.15) is 0 Å². The monoisotopic (exact) mass is 373 g/mol. The summed E-state index contributed by atoms with van der Waals surface area (Å²) in [5.74, 6) is 1.06. The van der Waals surface area contributed by atoms with Gasteiger partial charge in [-0.3, -0.25) is 14.5 Å². The molecule has 1 amide bonds. The number of sulfonamides is 1. The average Bonchev–Trinajstić information content (AvgIpc) is 3.12. The molecule has 0 bridgehead atoms. The van der Waals surface area contributed by atoms with Crippen LogP contribution in [0.4, 0.5) is 5.69 Å². The summed E-state index contributed by atoms with van der Waals surface area (Å²) in [4.78, 5) is 18.3. The number of piperidine rings is 1. The number of anilines is 1. The van der Waals surface area contributed by atoms with E-state index in [0.29, 0.717) is 42.1 Å². The lowest BCUT2D eigenvalue weighted by molar-refractivity contribution is 0.0760. The number of carbonyl (C=O) groups is 1. The van der Waals surface area contributed by atoms with E-state index in [4.69, 9.17) is 0 Å². The lowest BCUT2D eigenvalue weighted by atomic mass is 10.2. The van der Waals surface area contributed by atoms with E-state index in [-0.39, 0.29) is 17.4 Å². The third-order valence-corrected chi connectivity index (χ3v) is 6.61.